The van der Waals surface area contributed by atoms with Crippen molar-refractivity contribution < 1.29 is 20.1 Å². The van der Waals surface area contributed by atoms with E-state index in [4.69, 9.17) is 17.5 Å². The van der Waals surface area contributed by atoms with Crippen LogP contribution in [0.3, 0.4) is 0 Å². The van der Waals surface area contributed by atoms with Crippen LogP contribution < -0.4 is 10.9 Å². The molecule has 2 heterocycles. The number of benzene rings is 3. The summed E-state index contributed by atoms with van der Waals surface area (Å²) in [6.07, 6.45) is 55.1. The van der Waals surface area contributed by atoms with Crippen LogP contribution in [0.5, 0.6) is 0 Å². The van der Waals surface area contributed by atoms with E-state index in [9.17, 15) is 20.1 Å². The molecule has 0 fully saturated rings. The van der Waals surface area contributed by atoms with E-state index in [-0.39, 0.29) is 10.8 Å². The third kappa shape index (κ3) is 16.8. The Hall–Kier alpha value is -2.73. The van der Waals surface area contributed by atoms with Crippen molar-refractivity contribution in [1.29, 1.82) is 0 Å². The molecule has 0 unspecified atom stereocenters. The van der Waals surface area contributed by atoms with Gasteiger partial charge in [0.15, 0.2) is 0 Å². The number of fused-ring (bicyclic) bond motifs is 10. The number of unbranched alkanes of at least 4 members (excludes halogenated alkanes) is 36. The van der Waals surface area contributed by atoms with Gasteiger partial charge in [0, 0.05) is 32.9 Å². The maximum Gasteiger partial charge on any atom is 0.490 e. The van der Waals surface area contributed by atoms with Crippen molar-refractivity contribution >= 4 is 70.7 Å². The lowest BCUT2D eigenvalue weighted by Gasteiger charge is -2.35. The van der Waals surface area contributed by atoms with E-state index in [1.54, 1.807) is 0 Å². The molecule has 0 aliphatic heterocycles. The molecular weight excluding hydrogens is 1020 g/mol. The fourth-order valence-corrected chi connectivity index (χ4v) is 15.9. The Balaban J connectivity index is 1.31. The minimum Gasteiger partial charge on any atom is -0.423 e. The van der Waals surface area contributed by atoms with Crippen LogP contribution in [0, 0.1) is 0 Å². The summed E-state index contributed by atoms with van der Waals surface area (Å²) in [5.41, 5.74) is 12.9. The van der Waals surface area contributed by atoms with Crippen LogP contribution in [-0.4, -0.2) is 51.8 Å². The molecule has 3 aromatic carbocycles. The van der Waals surface area contributed by atoms with Crippen LogP contribution >= 0.6 is 23.5 Å². The highest BCUT2D eigenvalue weighted by Gasteiger charge is 2.50. The molecule has 2 aliphatic carbocycles. The molecule has 0 amide bonds. The minimum atomic E-state index is -1.66. The summed E-state index contributed by atoms with van der Waals surface area (Å²) in [7, 11) is -3.31. The molecule has 2 aromatic heterocycles. The van der Waals surface area contributed by atoms with Crippen LogP contribution in [0.1, 0.15) is 332 Å². The summed E-state index contributed by atoms with van der Waals surface area (Å²) in [4.78, 5) is 0. The summed E-state index contributed by atoms with van der Waals surface area (Å²) in [6.45, 7) is 9.18. The SMILES string of the molecule is CCCCCCCCCCCCC1(CCCCCCCCCCCC)c2cc3c(cc2-c2c1cc(B(O)O)c1nsnc21)C(CCCCCCCCCCCC)(CCCCCCCCCCCC)c1cc(B(O)O)c2nsnc2c1-3. The molecule has 4 N–H and O–H groups in total. The lowest BCUT2D eigenvalue weighted by molar-refractivity contribution is 0.393. The van der Waals surface area contributed by atoms with E-state index < -0.39 is 14.2 Å². The van der Waals surface area contributed by atoms with E-state index >= 15 is 0 Å². The van der Waals surface area contributed by atoms with E-state index in [0.717, 1.165) is 73.5 Å². The van der Waals surface area contributed by atoms with E-state index in [0.29, 0.717) is 22.0 Å². The number of nitrogens with zero attached hydrogens (tertiary/aromatic N) is 4. The maximum absolute atomic E-state index is 11.2. The first-order valence-corrected chi connectivity index (χ1v) is 35.2. The van der Waals surface area contributed by atoms with Crippen molar-refractivity contribution in [2.75, 3.05) is 0 Å². The van der Waals surface area contributed by atoms with Gasteiger partial charge in [-0.05, 0) is 71.2 Å². The molecule has 0 spiro atoms. The Morgan fingerprint density at radius 2 is 0.525 bits per heavy atom. The molecule has 0 saturated heterocycles. The van der Waals surface area contributed by atoms with Crippen LogP contribution in [0.4, 0.5) is 0 Å². The molecular formula is C68H108B2N4O4S2. The van der Waals surface area contributed by atoms with Gasteiger partial charge in [0.25, 0.3) is 0 Å². The van der Waals surface area contributed by atoms with Gasteiger partial charge >= 0.3 is 14.2 Å². The lowest BCUT2D eigenvalue weighted by Crippen LogP contribution is -2.34. The Morgan fingerprint density at radius 1 is 0.300 bits per heavy atom. The predicted molar refractivity (Wildman–Crippen MR) is 346 cm³/mol. The fourth-order valence-electron chi connectivity index (χ4n) is 14.7. The van der Waals surface area contributed by atoms with Crippen LogP contribution in [0.25, 0.3) is 44.3 Å². The zero-order valence-corrected chi connectivity index (χ0v) is 52.6. The summed E-state index contributed by atoms with van der Waals surface area (Å²) >= 11 is 2.36. The van der Waals surface area contributed by atoms with Gasteiger partial charge in [-0.1, -0.05) is 297 Å². The quantitative estimate of drug-likeness (QED) is 0.0224. The topological polar surface area (TPSA) is 132 Å². The molecule has 0 atom stereocenters. The molecule has 0 bridgehead atoms. The van der Waals surface area contributed by atoms with Gasteiger partial charge in [-0.2, -0.15) is 17.5 Å². The number of hydrogen-bond acceptors (Lipinski definition) is 10. The monoisotopic (exact) mass is 1130 g/mol. The van der Waals surface area contributed by atoms with Gasteiger partial charge in [0.2, 0.25) is 0 Å². The van der Waals surface area contributed by atoms with Gasteiger partial charge in [0.1, 0.15) is 22.1 Å². The summed E-state index contributed by atoms with van der Waals surface area (Å²) in [6, 6.07) is 9.47. The second-order valence-corrected chi connectivity index (χ2v) is 26.3. The van der Waals surface area contributed by atoms with E-state index in [1.807, 2.05) is 0 Å². The summed E-state index contributed by atoms with van der Waals surface area (Å²) in [5.74, 6) is 0. The summed E-state index contributed by atoms with van der Waals surface area (Å²) in [5, 5.41) is 44.7. The third-order valence-electron chi connectivity index (χ3n) is 19.3. The zero-order chi connectivity index (χ0) is 56.4. The second-order valence-electron chi connectivity index (χ2n) is 25.3. The van der Waals surface area contributed by atoms with Crippen LogP contribution in [0.2, 0.25) is 0 Å². The first-order valence-electron chi connectivity index (χ1n) is 33.8. The second kappa shape index (κ2) is 34.9. The van der Waals surface area contributed by atoms with Crippen LogP contribution in [0.15, 0.2) is 24.3 Å². The summed E-state index contributed by atoms with van der Waals surface area (Å²) < 4.78 is 19.8. The standard InChI is InChI=1S/C68H108B2N4O4S2/c1-5-9-13-17-21-25-29-33-37-41-45-67(46-42-38-34-30-26-22-18-14-10-6-2)55-49-54-56(50-53(55)61-57(67)51-59(69(75)76)63-65(61)73-79-71-63)68(47-43-39-35-31-27-23-19-15-11-7-3,48-44-40-36-32-28-24-20-16-12-8-4)58-52-60(70(77)78)64-66(62(54)58)74-80-72-64/h49-52,75-78H,5-48H2,1-4H3. The first kappa shape index (κ1) is 64.8. The minimum absolute atomic E-state index is 0.361. The smallest absolute Gasteiger partial charge is 0.423 e. The first-order chi connectivity index (χ1) is 39.3. The molecule has 442 valence electrons. The Morgan fingerprint density at radius 3 is 0.762 bits per heavy atom. The van der Waals surface area contributed by atoms with Gasteiger partial charge in [-0.25, -0.2) is 0 Å². The van der Waals surface area contributed by atoms with Gasteiger partial charge < -0.3 is 20.1 Å². The van der Waals surface area contributed by atoms with Crippen molar-refractivity contribution in [3.05, 3.63) is 46.5 Å². The van der Waals surface area contributed by atoms with Gasteiger partial charge in [-0.15, -0.1) is 0 Å². The highest BCUT2D eigenvalue weighted by atomic mass is 32.1. The van der Waals surface area contributed by atoms with E-state index in [1.165, 1.54) is 288 Å². The predicted octanol–water partition coefficient (Wildman–Crippen LogP) is 18.8. The number of hydrogen-bond donors (Lipinski definition) is 4. The van der Waals surface area contributed by atoms with Crippen molar-refractivity contribution in [3.63, 3.8) is 0 Å². The number of rotatable bonds is 46. The van der Waals surface area contributed by atoms with Crippen molar-refractivity contribution in [2.24, 2.45) is 0 Å². The molecule has 12 heteroatoms. The maximum atomic E-state index is 11.2. The lowest BCUT2D eigenvalue weighted by atomic mass is 9.67. The molecule has 2 aliphatic rings. The molecule has 8 nitrogen and oxygen atoms in total. The highest BCUT2D eigenvalue weighted by Crippen LogP contribution is 2.62. The average molecular weight is 1130 g/mol. The van der Waals surface area contributed by atoms with Crippen LogP contribution in [-0.2, 0) is 10.8 Å². The van der Waals surface area contributed by atoms with E-state index in [2.05, 4.69) is 52.0 Å². The van der Waals surface area contributed by atoms with Gasteiger partial charge in [-0.3, -0.25) is 0 Å². The molecule has 0 saturated carbocycles. The molecule has 0 radical (unpaired) electrons. The number of aromatic nitrogens is 4. The Labute approximate surface area is 495 Å². The third-order valence-corrected chi connectivity index (χ3v) is 20.3. The highest BCUT2D eigenvalue weighted by molar-refractivity contribution is 7.00. The average Bonchev–Trinajstić information content (AvgIpc) is 4.46. The molecule has 80 heavy (non-hydrogen) atoms. The fraction of sp³-hybridized carbons (Fsp3) is 0.735. The van der Waals surface area contributed by atoms with Gasteiger partial charge in [0.05, 0.1) is 23.5 Å². The zero-order valence-electron chi connectivity index (χ0n) is 51.0. The van der Waals surface area contributed by atoms with Crippen molar-refractivity contribution in [1.82, 2.24) is 17.5 Å². The van der Waals surface area contributed by atoms with Crippen molar-refractivity contribution in [2.45, 2.75) is 321 Å². The normalized spacial score (nSPS) is 13.9. The molecule has 5 aromatic rings. The largest absolute Gasteiger partial charge is 0.490 e. The Kier molecular flexibility index (Phi) is 28.3. The van der Waals surface area contributed by atoms with Crippen molar-refractivity contribution in [3.8, 4) is 22.3 Å². The molecule has 7 rings (SSSR count). The Bertz CT molecular complexity index is 2340.